The lowest BCUT2D eigenvalue weighted by atomic mass is 9.98. The zero-order chi connectivity index (χ0) is 16.8. The second-order valence-corrected chi connectivity index (χ2v) is 5.73. The first-order valence-corrected chi connectivity index (χ1v) is 7.59. The van der Waals surface area contributed by atoms with Crippen molar-refractivity contribution in [3.05, 3.63) is 75.6 Å². The Morgan fingerprint density at radius 2 is 1.75 bits per heavy atom. The Balaban J connectivity index is 2.05. The van der Waals surface area contributed by atoms with Gasteiger partial charge in [0.05, 0.1) is 24.1 Å². The summed E-state index contributed by atoms with van der Waals surface area (Å²) in [6, 6.07) is 13.8. The number of nitrogens with zero attached hydrogens (tertiary/aromatic N) is 1. The summed E-state index contributed by atoms with van der Waals surface area (Å²) in [5, 5.41) is 0.472. The van der Waals surface area contributed by atoms with Crippen molar-refractivity contribution in [2.75, 3.05) is 14.2 Å². The van der Waals surface area contributed by atoms with Crippen molar-refractivity contribution in [3.8, 4) is 5.75 Å². The van der Waals surface area contributed by atoms with E-state index >= 15 is 0 Å². The molecule has 0 fully saturated rings. The van der Waals surface area contributed by atoms with E-state index in [9.17, 15) is 9.59 Å². The highest BCUT2D eigenvalue weighted by Gasteiger charge is 2.41. The summed E-state index contributed by atoms with van der Waals surface area (Å²) in [5.74, 6) is 0.434. The lowest BCUT2D eigenvalue weighted by Crippen LogP contribution is -2.25. The molecule has 1 aliphatic heterocycles. The molecule has 2 aromatic carbocycles. The molecule has 0 aliphatic carbocycles. The van der Waals surface area contributed by atoms with Gasteiger partial charge in [-0.2, -0.15) is 0 Å². The smallest absolute Gasteiger partial charge is 0.290 e. The fourth-order valence-corrected chi connectivity index (χ4v) is 3.29. The van der Waals surface area contributed by atoms with E-state index in [0.717, 1.165) is 5.56 Å². The monoisotopic (exact) mass is 321 g/mol. The number of fused-ring (bicyclic) bond motifs is 2. The van der Waals surface area contributed by atoms with E-state index < -0.39 is 6.04 Å². The van der Waals surface area contributed by atoms with Crippen molar-refractivity contribution >= 4 is 16.9 Å². The number of benzene rings is 2. The molecule has 1 aliphatic rings. The zero-order valence-electron chi connectivity index (χ0n) is 13.3. The summed E-state index contributed by atoms with van der Waals surface area (Å²) in [6.45, 7) is 0. The first kappa shape index (κ1) is 14.5. The van der Waals surface area contributed by atoms with Gasteiger partial charge in [0.25, 0.3) is 5.91 Å². The van der Waals surface area contributed by atoms with Gasteiger partial charge < -0.3 is 14.1 Å². The lowest BCUT2D eigenvalue weighted by Gasteiger charge is -2.22. The molecule has 2 heterocycles. The fourth-order valence-electron chi connectivity index (χ4n) is 3.29. The van der Waals surface area contributed by atoms with E-state index in [-0.39, 0.29) is 17.1 Å². The van der Waals surface area contributed by atoms with Gasteiger partial charge in [-0.25, -0.2) is 0 Å². The number of hydrogen-bond donors (Lipinski definition) is 0. The third-order valence-electron chi connectivity index (χ3n) is 4.44. The van der Waals surface area contributed by atoms with Crippen molar-refractivity contribution < 1.29 is 13.9 Å². The Kier molecular flexibility index (Phi) is 3.16. The second-order valence-electron chi connectivity index (χ2n) is 5.73. The molecule has 0 radical (unpaired) electrons. The summed E-state index contributed by atoms with van der Waals surface area (Å²) in [6.07, 6.45) is 0. The fraction of sp³-hybridized carbons (Fsp3) is 0.158. The van der Waals surface area contributed by atoms with Gasteiger partial charge in [0.2, 0.25) is 5.76 Å². The first-order chi connectivity index (χ1) is 11.6. The third kappa shape index (κ3) is 1.88. The minimum absolute atomic E-state index is 0.108. The Labute approximate surface area is 138 Å². The molecule has 1 aromatic heterocycles. The van der Waals surface area contributed by atoms with Crippen LogP contribution in [0.3, 0.4) is 0 Å². The molecule has 5 heteroatoms. The minimum atomic E-state index is -0.524. The van der Waals surface area contributed by atoms with Crippen LogP contribution in [0.2, 0.25) is 0 Å². The molecular weight excluding hydrogens is 306 g/mol. The molecule has 0 saturated heterocycles. The molecule has 1 amide bonds. The molecule has 4 rings (SSSR count). The van der Waals surface area contributed by atoms with Gasteiger partial charge in [0, 0.05) is 12.6 Å². The van der Waals surface area contributed by atoms with Crippen LogP contribution in [0.1, 0.15) is 27.7 Å². The van der Waals surface area contributed by atoms with E-state index in [4.69, 9.17) is 9.15 Å². The average Bonchev–Trinajstić information content (AvgIpc) is 2.87. The number of carbonyl (C=O) groups excluding carboxylic acids is 1. The second kappa shape index (κ2) is 5.23. The van der Waals surface area contributed by atoms with Crippen molar-refractivity contribution in [1.29, 1.82) is 0 Å². The van der Waals surface area contributed by atoms with E-state index in [1.807, 2.05) is 24.3 Å². The van der Waals surface area contributed by atoms with E-state index in [1.165, 1.54) is 4.90 Å². The van der Waals surface area contributed by atoms with Gasteiger partial charge in [-0.1, -0.05) is 30.3 Å². The topological polar surface area (TPSA) is 59.8 Å². The quantitative estimate of drug-likeness (QED) is 0.728. The van der Waals surface area contributed by atoms with Crippen molar-refractivity contribution in [1.82, 2.24) is 4.90 Å². The molecule has 24 heavy (non-hydrogen) atoms. The van der Waals surface area contributed by atoms with Gasteiger partial charge >= 0.3 is 0 Å². The number of para-hydroxylation sites is 2. The molecule has 1 unspecified atom stereocenters. The zero-order valence-corrected chi connectivity index (χ0v) is 13.3. The Bertz CT molecular complexity index is 1020. The Morgan fingerprint density at radius 3 is 2.54 bits per heavy atom. The molecule has 0 bridgehead atoms. The SMILES string of the molecule is COc1ccccc1C1c2c(oc3ccccc3c2=O)C(=O)N1C. The van der Waals surface area contributed by atoms with Crippen LogP contribution in [0.4, 0.5) is 0 Å². The normalized spacial score (nSPS) is 16.5. The van der Waals surface area contributed by atoms with Crippen molar-refractivity contribution in [2.24, 2.45) is 0 Å². The van der Waals surface area contributed by atoms with Gasteiger partial charge in [-0.15, -0.1) is 0 Å². The van der Waals surface area contributed by atoms with Crippen LogP contribution >= 0.6 is 0 Å². The predicted octanol–water partition coefficient (Wildman–Crippen LogP) is 2.98. The first-order valence-electron chi connectivity index (χ1n) is 7.59. The highest BCUT2D eigenvalue weighted by Crippen LogP contribution is 2.40. The van der Waals surface area contributed by atoms with Crippen molar-refractivity contribution in [3.63, 3.8) is 0 Å². The van der Waals surface area contributed by atoms with Crippen LogP contribution < -0.4 is 10.2 Å². The molecule has 0 spiro atoms. The maximum atomic E-state index is 13.0. The van der Waals surface area contributed by atoms with Gasteiger partial charge in [-0.05, 0) is 18.2 Å². The maximum absolute atomic E-state index is 13.0. The lowest BCUT2D eigenvalue weighted by molar-refractivity contribution is 0.0770. The molecule has 0 N–H and O–H groups in total. The van der Waals surface area contributed by atoms with Crippen LogP contribution in [0, 0.1) is 0 Å². The highest BCUT2D eigenvalue weighted by molar-refractivity contribution is 5.98. The molecule has 5 nitrogen and oxygen atoms in total. The summed E-state index contributed by atoms with van der Waals surface area (Å²) < 4.78 is 11.2. The van der Waals surface area contributed by atoms with Gasteiger partial charge in [-0.3, -0.25) is 9.59 Å². The Hall–Kier alpha value is -3.08. The van der Waals surface area contributed by atoms with E-state index in [2.05, 4.69) is 0 Å². The van der Waals surface area contributed by atoms with Crippen LogP contribution in [-0.2, 0) is 0 Å². The molecule has 120 valence electrons. The molecular formula is C19H15NO4. The molecule has 0 saturated carbocycles. The van der Waals surface area contributed by atoms with E-state index in [1.54, 1.807) is 38.4 Å². The number of carbonyl (C=O) groups is 1. The Morgan fingerprint density at radius 1 is 1.04 bits per heavy atom. The largest absolute Gasteiger partial charge is 0.496 e. The van der Waals surface area contributed by atoms with Crippen LogP contribution in [-0.4, -0.2) is 25.0 Å². The predicted molar refractivity (Wildman–Crippen MR) is 89.4 cm³/mol. The average molecular weight is 321 g/mol. The summed E-state index contributed by atoms with van der Waals surface area (Å²) in [5.41, 5.74) is 1.37. The summed E-state index contributed by atoms with van der Waals surface area (Å²) >= 11 is 0. The van der Waals surface area contributed by atoms with Crippen LogP contribution in [0.25, 0.3) is 11.0 Å². The number of methoxy groups -OCH3 is 1. The molecule has 3 aromatic rings. The highest BCUT2D eigenvalue weighted by atomic mass is 16.5. The standard InChI is InChI=1S/C19H15NO4/c1-20-16(11-7-3-5-9-13(11)23-2)15-17(21)12-8-4-6-10-14(12)24-18(15)19(20)22/h3-10,16H,1-2H3. The van der Waals surface area contributed by atoms with Crippen LogP contribution in [0.15, 0.2) is 57.7 Å². The molecule has 1 atom stereocenters. The minimum Gasteiger partial charge on any atom is -0.496 e. The van der Waals surface area contributed by atoms with E-state index in [0.29, 0.717) is 22.3 Å². The maximum Gasteiger partial charge on any atom is 0.290 e. The number of ether oxygens (including phenoxy) is 1. The van der Waals surface area contributed by atoms with Crippen LogP contribution in [0.5, 0.6) is 5.75 Å². The number of amides is 1. The summed E-state index contributed by atoms with van der Waals surface area (Å²) in [4.78, 5) is 27.2. The number of rotatable bonds is 2. The van der Waals surface area contributed by atoms with Gasteiger partial charge in [0.1, 0.15) is 11.3 Å². The third-order valence-corrected chi connectivity index (χ3v) is 4.44. The van der Waals surface area contributed by atoms with Gasteiger partial charge in [0.15, 0.2) is 5.43 Å². The summed E-state index contributed by atoms with van der Waals surface area (Å²) in [7, 11) is 3.23. The van der Waals surface area contributed by atoms with Crippen molar-refractivity contribution in [2.45, 2.75) is 6.04 Å². The number of hydrogen-bond acceptors (Lipinski definition) is 4.